The molecule has 0 bridgehead atoms. The summed E-state index contributed by atoms with van der Waals surface area (Å²) in [5.41, 5.74) is -5.58. The van der Waals surface area contributed by atoms with Crippen molar-refractivity contribution in [2.75, 3.05) is 12.4 Å². The first-order chi connectivity index (χ1) is 20.3. The maximum absolute atomic E-state index is 14.8. The van der Waals surface area contributed by atoms with Crippen LogP contribution in [0, 0.1) is 23.6 Å². The van der Waals surface area contributed by atoms with Gasteiger partial charge in [0, 0.05) is 17.8 Å². The first-order valence-corrected chi connectivity index (χ1v) is 15.8. The number of hydrogen-bond donors (Lipinski definition) is 2. The van der Waals surface area contributed by atoms with Gasteiger partial charge in [-0.15, -0.1) is 0 Å². The Hall–Kier alpha value is -3.35. The van der Waals surface area contributed by atoms with Crippen molar-refractivity contribution in [1.82, 2.24) is 5.32 Å². The van der Waals surface area contributed by atoms with Gasteiger partial charge in [0.25, 0.3) is 15.7 Å². The number of sulfone groups is 1. The van der Waals surface area contributed by atoms with E-state index in [4.69, 9.17) is 9.47 Å². The Morgan fingerprint density at radius 3 is 2.37 bits per heavy atom. The van der Waals surface area contributed by atoms with Crippen LogP contribution in [0.3, 0.4) is 0 Å². The summed E-state index contributed by atoms with van der Waals surface area (Å²) >= 11 is 0. The van der Waals surface area contributed by atoms with E-state index >= 15 is 0 Å². The number of hydrogen-bond acceptors (Lipinski definition) is 6. The van der Waals surface area contributed by atoms with E-state index in [-0.39, 0.29) is 34.8 Å². The molecule has 0 saturated heterocycles. The van der Waals surface area contributed by atoms with Crippen LogP contribution in [0.1, 0.15) is 69.2 Å². The van der Waals surface area contributed by atoms with Gasteiger partial charge in [0.2, 0.25) is 5.91 Å². The summed E-state index contributed by atoms with van der Waals surface area (Å²) in [6, 6.07) is 5.68. The highest BCUT2D eigenvalue weighted by Crippen LogP contribution is 2.38. The lowest BCUT2D eigenvalue weighted by Gasteiger charge is -2.37. The average Bonchev–Trinajstić information content (AvgIpc) is 2.94. The number of anilines is 1. The monoisotopic (exact) mass is 628 g/mol. The van der Waals surface area contributed by atoms with Crippen LogP contribution >= 0.6 is 0 Å². The number of benzene rings is 2. The molecule has 3 atom stereocenters. The number of halogens is 4. The summed E-state index contributed by atoms with van der Waals surface area (Å²) in [4.78, 5) is 26.1. The molecule has 2 aromatic rings. The SMILES string of the molecule is CCC1CC(Oc2cc(C(=O)N[C@@H]3CCC[C@@H](CC)[C@@H]3C(=O)Nc3cccc(S(=O)(=O)C(F)(F)F)c3)c(OC)cc2F)C1. The molecule has 43 heavy (non-hydrogen) atoms. The third-order valence-electron chi connectivity index (χ3n) is 8.45. The van der Waals surface area contributed by atoms with Crippen molar-refractivity contribution in [2.45, 2.75) is 81.3 Å². The summed E-state index contributed by atoms with van der Waals surface area (Å²) in [5, 5.41) is 5.44. The molecule has 0 radical (unpaired) electrons. The molecule has 4 rings (SSSR count). The second-order valence-electron chi connectivity index (χ2n) is 11.1. The van der Waals surface area contributed by atoms with Crippen molar-refractivity contribution in [3.05, 3.63) is 47.8 Å². The number of nitrogens with one attached hydrogen (secondary N) is 2. The van der Waals surface area contributed by atoms with Gasteiger partial charge in [-0.05, 0) is 61.8 Å². The minimum atomic E-state index is -5.61. The van der Waals surface area contributed by atoms with Crippen LogP contribution in [0.25, 0.3) is 0 Å². The van der Waals surface area contributed by atoms with E-state index in [2.05, 4.69) is 17.6 Å². The van der Waals surface area contributed by atoms with Crippen LogP contribution < -0.4 is 20.1 Å². The smallest absolute Gasteiger partial charge is 0.496 e. The predicted octanol–water partition coefficient (Wildman–Crippen LogP) is 6.26. The van der Waals surface area contributed by atoms with E-state index < -0.39 is 49.8 Å². The van der Waals surface area contributed by atoms with Crippen molar-refractivity contribution >= 4 is 27.3 Å². The molecule has 0 spiro atoms. The molecule has 2 saturated carbocycles. The second-order valence-corrected chi connectivity index (χ2v) is 13.1. The highest BCUT2D eigenvalue weighted by Gasteiger charge is 2.47. The number of alkyl halides is 3. The van der Waals surface area contributed by atoms with Gasteiger partial charge in [-0.2, -0.15) is 13.2 Å². The van der Waals surface area contributed by atoms with Crippen LogP contribution in [0.5, 0.6) is 11.5 Å². The molecule has 13 heteroatoms. The molecular weight excluding hydrogens is 592 g/mol. The van der Waals surface area contributed by atoms with Crippen LogP contribution in [0.15, 0.2) is 41.3 Å². The largest absolute Gasteiger partial charge is 0.501 e. The van der Waals surface area contributed by atoms with Crippen molar-refractivity contribution in [3.8, 4) is 11.5 Å². The van der Waals surface area contributed by atoms with Gasteiger partial charge in [-0.1, -0.05) is 39.2 Å². The molecule has 236 valence electrons. The number of amides is 2. The summed E-state index contributed by atoms with van der Waals surface area (Å²) < 4.78 is 88.9. The van der Waals surface area contributed by atoms with Crippen LogP contribution in [0.2, 0.25) is 0 Å². The highest BCUT2D eigenvalue weighted by atomic mass is 32.2. The lowest BCUT2D eigenvalue weighted by atomic mass is 9.74. The fourth-order valence-electron chi connectivity index (χ4n) is 5.91. The number of rotatable bonds is 10. The summed E-state index contributed by atoms with van der Waals surface area (Å²) in [7, 11) is -4.31. The Bertz CT molecular complexity index is 1440. The van der Waals surface area contributed by atoms with E-state index in [1.54, 1.807) is 0 Å². The van der Waals surface area contributed by atoms with Gasteiger partial charge in [0.05, 0.1) is 29.6 Å². The number of methoxy groups -OCH3 is 1. The average molecular weight is 629 g/mol. The van der Waals surface area contributed by atoms with E-state index in [0.717, 1.165) is 43.5 Å². The molecule has 2 amide bonds. The maximum atomic E-state index is 14.8. The maximum Gasteiger partial charge on any atom is 0.501 e. The van der Waals surface area contributed by atoms with Gasteiger partial charge in [-0.3, -0.25) is 9.59 Å². The Balaban J connectivity index is 1.55. The first-order valence-electron chi connectivity index (χ1n) is 14.4. The third kappa shape index (κ3) is 7.08. The van der Waals surface area contributed by atoms with Gasteiger partial charge < -0.3 is 20.1 Å². The lowest BCUT2D eigenvalue weighted by Crippen LogP contribution is -2.50. The summed E-state index contributed by atoms with van der Waals surface area (Å²) in [5.74, 6) is -2.31. The van der Waals surface area contributed by atoms with Gasteiger partial charge in [0.15, 0.2) is 11.6 Å². The Kier molecular flexibility index (Phi) is 9.93. The molecule has 8 nitrogen and oxygen atoms in total. The number of ether oxygens (including phenoxy) is 2. The molecule has 0 aromatic heterocycles. The third-order valence-corrected chi connectivity index (χ3v) is 9.94. The number of carbonyl (C=O) groups is 2. The molecule has 0 unspecified atom stereocenters. The number of carbonyl (C=O) groups excluding carboxylic acids is 2. The Labute approximate surface area is 248 Å². The fraction of sp³-hybridized carbons (Fsp3) is 0.533. The van der Waals surface area contributed by atoms with Gasteiger partial charge in [-0.25, -0.2) is 12.8 Å². The molecule has 2 aliphatic rings. The van der Waals surface area contributed by atoms with Gasteiger partial charge in [0.1, 0.15) is 5.75 Å². The van der Waals surface area contributed by atoms with E-state index in [1.807, 2.05) is 6.92 Å². The van der Waals surface area contributed by atoms with Gasteiger partial charge >= 0.3 is 5.51 Å². The molecule has 2 N–H and O–H groups in total. The summed E-state index contributed by atoms with van der Waals surface area (Å²) in [6.07, 6.45) is 4.87. The molecule has 0 heterocycles. The normalized spacial score (nSPS) is 24.0. The molecule has 2 aliphatic carbocycles. The predicted molar refractivity (Wildman–Crippen MR) is 151 cm³/mol. The second kappa shape index (κ2) is 13.1. The molecular formula is C30H36F4N2O6S. The summed E-state index contributed by atoms with van der Waals surface area (Å²) in [6.45, 7) is 3.97. The zero-order valence-electron chi connectivity index (χ0n) is 24.2. The van der Waals surface area contributed by atoms with Crippen molar-refractivity contribution in [2.24, 2.45) is 17.8 Å². The van der Waals surface area contributed by atoms with E-state index in [0.29, 0.717) is 31.6 Å². The highest BCUT2D eigenvalue weighted by molar-refractivity contribution is 7.92. The Morgan fingerprint density at radius 2 is 1.74 bits per heavy atom. The zero-order chi connectivity index (χ0) is 31.5. The Morgan fingerprint density at radius 1 is 1.02 bits per heavy atom. The minimum absolute atomic E-state index is 0.00562. The molecule has 2 fully saturated rings. The first kappa shape index (κ1) is 32.6. The van der Waals surface area contributed by atoms with Crippen molar-refractivity contribution < 1.29 is 45.0 Å². The van der Waals surface area contributed by atoms with Crippen LogP contribution in [-0.2, 0) is 14.6 Å². The van der Waals surface area contributed by atoms with Crippen molar-refractivity contribution in [1.29, 1.82) is 0 Å². The zero-order valence-corrected chi connectivity index (χ0v) is 25.0. The minimum Gasteiger partial charge on any atom is -0.496 e. The van der Waals surface area contributed by atoms with Crippen LogP contribution in [0.4, 0.5) is 23.2 Å². The van der Waals surface area contributed by atoms with E-state index in [9.17, 15) is 35.6 Å². The van der Waals surface area contributed by atoms with Crippen molar-refractivity contribution in [3.63, 3.8) is 0 Å². The molecule has 0 aliphatic heterocycles. The van der Waals surface area contributed by atoms with E-state index in [1.165, 1.54) is 19.2 Å². The molecule has 2 aromatic carbocycles. The quantitative estimate of drug-likeness (QED) is 0.301. The fourth-order valence-corrected chi connectivity index (χ4v) is 6.71. The van der Waals surface area contributed by atoms with Crippen LogP contribution in [-0.4, -0.2) is 45.0 Å². The lowest BCUT2D eigenvalue weighted by molar-refractivity contribution is -0.123. The standard InChI is InChI=1S/C30H36F4N2O6S/c1-4-17-12-20(13-17)42-26-15-22(25(41-3)16-23(26)31)28(37)36-24-11-6-8-18(5-2)27(24)29(38)35-19-9-7-10-21(14-19)43(39,40)30(32,33)34/h7,9-10,14-18,20,24,27H,4-6,8,11-13H2,1-3H3,(H,35,38)(H,36,37)/t17?,18-,20?,24-,27+/m1/s1. The topological polar surface area (TPSA) is 111 Å².